The predicted molar refractivity (Wildman–Crippen MR) is 56.9 cm³/mol. The van der Waals surface area contributed by atoms with E-state index in [1.54, 1.807) is 0 Å². The van der Waals surface area contributed by atoms with Crippen molar-refractivity contribution >= 4 is 5.78 Å². The lowest BCUT2D eigenvalue weighted by atomic mass is 9.80. The van der Waals surface area contributed by atoms with Crippen LogP contribution in [-0.2, 0) is 4.79 Å². The molecule has 0 radical (unpaired) electrons. The number of Topliss-reactive ketones (excluding diaryl/α,β-unsaturated/α-hetero) is 1. The van der Waals surface area contributed by atoms with Crippen LogP contribution in [0, 0.1) is 11.8 Å². The zero-order chi connectivity index (χ0) is 9.97. The van der Waals surface area contributed by atoms with Crippen molar-refractivity contribution < 1.29 is 4.79 Å². The molecule has 2 aliphatic carbocycles. The van der Waals surface area contributed by atoms with Crippen molar-refractivity contribution in [2.24, 2.45) is 17.6 Å². The number of hydrogen-bond donors (Lipinski definition) is 1. The van der Waals surface area contributed by atoms with Crippen LogP contribution in [0.1, 0.15) is 51.4 Å². The predicted octanol–water partition coefficient (Wildman–Crippen LogP) is 2.26. The average Bonchev–Trinajstić information content (AvgIpc) is 2.65. The highest BCUT2D eigenvalue weighted by Gasteiger charge is 2.34. The lowest BCUT2D eigenvalue weighted by Crippen LogP contribution is -2.35. The van der Waals surface area contributed by atoms with Gasteiger partial charge in [0.05, 0.1) is 0 Å². The molecule has 14 heavy (non-hydrogen) atoms. The van der Waals surface area contributed by atoms with Crippen LogP contribution < -0.4 is 5.73 Å². The molecule has 2 rings (SSSR count). The fourth-order valence-electron chi connectivity index (χ4n) is 3.03. The Bertz CT molecular complexity index is 208. The summed E-state index contributed by atoms with van der Waals surface area (Å²) in [5, 5.41) is 0. The summed E-state index contributed by atoms with van der Waals surface area (Å²) in [7, 11) is 0. The Labute approximate surface area is 86.2 Å². The molecule has 0 aromatic rings. The van der Waals surface area contributed by atoms with Crippen LogP contribution in [0.4, 0.5) is 0 Å². The minimum absolute atomic E-state index is 0.171. The van der Waals surface area contributed by atoms with E-state index < -0.39 is 0 Å². The number of hydrogen-bond acceptors (Lipinski definition) is 2. The van der Waals surface area contributed by atoms with Gasteiger partial charge in [-0.1, -0.05) is 25.7 Å². The Hall–Kier alpha value is -0.370. The Morgan fingerprint density at radius 3 is 2.21 bits per heavy atom. The Morgan fingerprint density at radius 1 is 0.929 bits per heavy atom. The lowest BCUT2D eigenvalue weighted by Gasteiger charge is -2.24. The second-order valence-electron chi connectivity index (χ2n) is 4.94. The van der Waals surface area contributed by atoms with Crippen molar-refractivity contribution in [2.45, 2.75) is 57.4 Å². The van der Waals surface area contributed by atoms with Crippen molar-refractivity contribution in [2.75, 3.05) is 0 Å². The maximum Gasteiger partial charge on any atom is 0.140 e. The molecule has 2 aliphatic rings. The minimum Gasteiger partial charge on any atom is -0.327 e. The molecule has 2 nitrogen and oxygen atoms in total. The minimum atomic E-state index is 0.171. The standard InChI is InChI=1S/C12H21NO/c13-11-8-4-7-10(11)12(14)9-5-2-1-3-6-9/h9-11H,1-8,13H2. The third-order valence-corrected chi connectivity index (χ3v) is 3.94. The number of rotatable bonds is 2. The van der Waals surface area contributed by atoms with Gasteiger partial charge in [-0.25, -0.2) is 0 Å². The third-order valence-electron chi connectivity index (χ3n) is 3.94. The van der Waals surface area contributed by atoms with E-state index in [0.717, 1.165) is 32.1 Å². The Balaban J connectivity index is 1.92. The van der Waals surface area contributed by atoms with Crippen molar-refractivity contribution in [3.05, 3.63) is 0 Å². The van der Waals surface area contributed by atoms with Crippen LogP contribution in [0.3, 0.4) is 0 Å². The maximum atomic E-state index is 12.1. The molecule has 2 heteroatoms. The van der Waals surface area contributed by atoms with Crippen LogP contribution in [0.15, 0.2) is 0 Å². The molecule has 2 saturated carbocycles. The summed E-state index contributed by atoms with van der Waals surface area (Å²) >= 11 is 0. The molecule has 0 saturated heterocycles. The fourth-order valence-corrected chi connectivity index (χ4v) is 3.03. The van der Waals surface area contributed by atoms with Gasteiger partial charge in [0.2, 0.25) is 0 Å². The molecule has 80 valence electrons. The lowest BCUT2D eigenvalue weighted by molar-refractivity contribution is -0.127. The van der Waals surface area contributed by atoms with Gasteiger partial charge in [0, 0.05) is 17.9 Å². The van der Waals surface area contributed by atoms with Gasteiger partial charge in [-0.05, 0) is 25.7 Å². The molecule has 2 unspecified atom stereocenters. The molecule has 0 aromatic heterocycles. The van der Waals surface area contributed by atoms with Gasteiger partial charge in [-0.3, -0.25) is 4.79 Å². The second kappa shape index (κ2) is 4.43. The molecule has 0 aliphatic heterocycles. The molecule has 0 bridgehead atoms. The van der Waals surface area contributed by atoms with E-state index in [1.165, 1.54) is 19.3 Å². The summed E-state index contributed by atoms with van der Waals surface area (Å²) in [5.41, 5.74) is 5.97. The van der Waals surface area contributed by atoms with E-state index in [9.17, 15) is 4.79 Å². The summed E-state index contributed by atoms with van der Waals surface area (Å²) in [6, 6.07) is 0.171. The molecule has 0 amide bonds. The van der Waals surface area contributed by atoms with Crippen molar-refractivity contribution in [1.29, 1.82) is 0 Å². The smallest absolute Gasteiger partial charge is 0.140 e. The van der Waals surface area contributed by atoms with E-state index >= 15 is 0 Å². The number of nitrogens with two attached hydrogens (primary N) is 1. The largest absolute Gasteiger partial charge is 0.327 e. The highest BCUT2D eigenvalue weighted by atomic mass is 16.1. The van der Waals surface area contributed by atoms with Crippen LogP contribution in [0.2, 0.25) is 0 Å². The van der Waals surface area contributed by atoms with E-state index in [-0.39, 0.29) is 12.0 Å². The molecule has 0 aromatic carbocycles. The van der Waals surface area contributed by atoms with Gasteiger partial charge in [0.1, 0.15) is 5.78 Å². The molecule has 2 atom stereocenters. The molecule has 2 fully saturated rings. The highest BCUT2D eigenvalue weighted by molar-refractivity contribution is 5.84. The molecule has 2 N–H and O–H groups in total. The Kier molecular flexibility index (Phi) is 3.22. The highest BCUT2D eigenvalue weighted by Crippen LogP contribution is 2.32. The number of carbonyl (C=O) groups excluding carboxylic acids is 1. The topological polar surface area (TPSA) is 43.1 Å². The van der Waals surface area contributed by atoms with E-state index in [2.05, 4.69) is 0 Å². The SMILES string of the molecule is NC1CCCC1C(=O)C1CCCCC1. The first-order valence-electron chi connectivity index (χ1n) is 6.08. The number of ketones is 1. The van der Waals surface area contributed by atoms with E-state index in [4.69, 9.17) is 5.73 Å². The number of carbonyl (C=O) groups is 1. The first-order valence-corrected chi connectivity index (χ1v) is 6.08. The zero-order valence-electron chi connectivity index (χ0n) is 8.87. The average molecular weight is 195 g/mol. The Morgan fingerprint density at radius 2 is 1.64 bits per heavy atom. The summed E-state index contributed by atoms with van der Waals surface area (Å²) in [6.07, 6.45) is 9.34. The van der Waals surface area contributed by atoms with Gasteiger partial charge in [0.25, 0.3) is 0 Å². The summed E-state index contributed by atoms with van der Waals surface area (Å²) in [6.45, 7) is 0. The van der Waals surface area contributed by atoms with Crippen LogP contribution in [0.25, 0.3) is 0 Å². The normalized spacial score (nSPS) is 34.6. The second-order valence-corrected chi connectivity index (χ2v) is 4.94. The van der Waals surface area contributed by atoms with Gasteiger partial charge >= 0.3 is 0 Å². The van der Waals surface area contributed by atoms with Gasteiger partial charge in [-0.15, -0.1) is 0 Å². The zero-order valence-corrected chi connectivity index (χ0v) is 8.87. The molecule has 0 spiro atoms. The van der Waals surface area contributed by atoms with Crippen LogP contribution in [-0.4, -0.2) is 11.8 Å². The first-order chi connectivity index (χ1) is 6.79. The van der Waals surface area contributed by atoms with Crippen LogP contribution >= 0.6 is 0 Å². The fraction of sp³-hybridized carbons (Fsp3) is 0.917. The van der Waals surface area contributed by atoms with Crippen molar-refractivity contribution in [1.82, 2.24) is 0 Å². The molecular formula is C12H21NO. The van der Waals surface area contributed by atoms with Gasteiger partial charge in [0.15, 0.2) is 0 Å². The summed E-state index contributed by atoms with van der Waals surface area (Å²) < 4.78 is 0. The van der Waals surface area contributed by atoms with Crippen molar-refractivity contribution in [3.8, 4) is 0 Å². The van der Waals surface area contributed by atoms with Gasteiger partial charge in [-0.2, -0.15) is 0 Å². The van der Waals surface area contributed by atoms with E-state index in [0.29, 0.717) is 11.7 Å². The maximum absolute atomic E-state index is 12.1. The van der Waals surface area contributed by atoms with Crippen molar-refractivity contribution in [3.63, 3.8) is 0 Å². The first kappa shape index (κ1) is 10.2. The van der Waals surface area contributed by atoms with Crippen LogP contribution in [0.5, 0.6) is 0 Å². The van der Waals surface area contributed by atoms with E-state index in [1.807, 2.05) is 0 Å². The monoisotopic (exact) mass is 195 g/mol. The summed E-state index contributed by atoms with van der Waals surface area (Å²) in [4.78, 5) is 12.1. The quantitative estimate of drug-likeness (QED) is 0.734. The van der Waals surface area contributed by atoms with Gasteiger partial charge < -0.3 is 5.73 Å². The molecular weight excluding hydrogens is 174 g/mol. The summed E-state index contributed by atoms with van der Waals surface area (Å²) in [5.74, 6) is 1.06. The molecule has 0 heterocycles. The third kappa shape index (κ3) is 2.00.